The van der Waals surface area contributed by atoms with Crippen molar-refractivity contribution in [1.82, 2.24) is 5.32 Å². The molecule has 1 saturated heterocycles. The fourth-order valence-electron chi connectivity index (χ4n) is 3.58. The van der Waals surface area contributed by atoms with Gasteiger partial charge in [-0.3, -0.25) is 4.79 Å². The zero-order chi connectivity index (χ0) is 18.9. The number of cyclic esters (lactones) is 1. The van der Waals surface area contributed by atoms with Crippen molar-refractivity contribution in [3.05, 3.63) is 76.3 Å². The molecule has 1 N–H and O–H groups in total. The van der Waals surface area contributed by atoms with Crippen molar-refractivity contribution in [2.24, 2.45) is 0 Å². The standard InChI is InChI=1S/C21H18BrNO4/c22-15-6-7-19(26-12-14-4-2-1-3-5-14)17(10-15)18-11-16(24)8-9-21(18)13-27-20(25)23-21/h1-10,18H,11-13H2,(H,23,25)/t18-,21-/m1/s1. The number of carbonyl (C=O) groups excluding carboxylic acids is 2. The first-order valence-corrected chi connectivity index (χ1v) is 9.48. The summed E-state index contributed by atoms with van der Waals surface area (Å²) in [5.74, 6) is 0.432. The highest BCUT2D eigenvalue weighted by Gasteiger charge is 2.48. The van der Waals surface area contributed by atoms with Crippen molar-refractivity contribution in [3.8, 4) is 5.75 Å². The van der Waals surface area contributed by atoms with E-state index in [-0.39, 0.29) is 24.7 Å². The number of ether oxygens (including phenoxy) is 2. The first kappa shape index (κ1) is 17.8. The average Bonchev–Trinajstić information content (AvgIpc) is 3.05. The molecule has 2 aromatic carbocycles. The maximum atomic E-state index is 12.2. The number of halogens is 1. The van der Waals surface area contributed by atoms with Crippen LogP contribution in [0.3, 0.4) is 0 Å². The second-order valence-electron chi connectivity index (χ2n) is 6.75. The Hall–Kier alpha value is -2.60. The van der Waals surface area contributed by atoms with E-state index in [1.807, 2.05) is 48.5 Å². The summed E-state index contributed by atoms with van der Waals surface area (Å²) in [6.45, 7) is 0.604. The molecule has 0 aromatic heterocycles. The molecule has 2 aliphatic rings. The van der Waals surface area contributed by atoms with Gasteiger partial charge in [-0.2, -0.15) is 0 Å². The Morgan fingerprint density at radius 3 is 2.74 bits per heavy atom. The maximum absolute atomic E-state index is 12.2. The lowest BCUT2D eigenvalue weighted by Crippen LogP contribution is -2.49. The van der Waals surface area contributed by atoms with Crippen molar-refractivity contribution in [2.45, 2.75) is 24.5 Å². The number of nitrogens with one attached hydrogen (secondary N) is 1. The Balaban J connectivity index is 1.69. The van der Waals surface area contributed by atoms with E-state index in [2.05, 4.69) is 21.2 Å². The van der Waals surface area contributed by atoms with Crippen LogP contribution in [0.2, 0.25) is 0 Å². The number of rotatable bonds is 4. The zero-order valence-corrected chi connectivity index (χ0v) is 16.1. The molecule has 6 heteroatoms. The van der Waals surface area contributed by atoms with E-state index in [0.717, 1.165) is 15.6 Å². The van der Waals surface area contributed by atoms with Gasteiger partial charge in [-0.05, 0) is 29.8 Å². The lowest BCUT2D eigenvalue weighted by atomic mass is 9.73. The molecule has 4 rings (SSSR count). The molecule has 1 aliphatic carbocycles. The SMILES string of the molecule is O=C1C=C[C@@]2(COC(=O)N2)[C@@H](c2cc(Br)ccc2OCc2ccccc2)C1. The molecule has 0 radical (unpaired) electrons. The Labute approximate surface area is 165 Å². The predicted octanol–water partition coefficient (Wildman–Crippen LogP) is 4.12. The van der Waals surface area contributed by atoms with Gasteiger partial charge in [0.1, 0.15) is 24.5 Å². The van der Waals surface area contributed by atoms with Gasteiger partial charge in [-0.25, -0.2) is 4.79 Å². The summed E-state index contributed by atoms with van der Waals surface area (Å²) in [7, 11) is 0. The first-order valence-electron chi connectivity index (χ1n) is 8.69. The highest BCUT2D eigenvalue weighted by molar-refractivity contribution is 9.10. The molecule has 2 atom stereocenters. The number of hydrogen-bond acceptors (Lipinski definition) is 4. The van der Waals surface area contributed by atoms with Crippen molar-refractivity contribution in [2.75, 3.05) is 6.61 Å². The van der Waals surface area contributed by atoms with E-state index < -0.39 is 11.6 Å². The summed E-state index contributed by atoms with van der Waals surface area (Å²) in [6.07, 6.45) is 3.07. The molecule has 27 heavy (non-hydrogen) atoms. The molecule has 0 unspecified atom stereocenters. The van der Waals surface area contributed by atoms with Gasteiger partial charge in [-0.15, -0.1) is 0 Å². The van der Waals surface area contributed by atoms with Gasteiger partial charge >= 0.3 is 6.09 Å². The number of ketones is 1. The smallest absolute Gasteiger partial charge is 0.408 e. The monoisotopic (exact) mass is 427 g/mol. The minimum atomic E-state index is -0.739. The molecule has 5 nitrogen and oxygen atoms in total. The Bertz CT molecular complexity index is 912. The third-order valence-electron chi connectivity index (χ3n) is 4.96. The van der Waals surface area contributed by atoms with E-state index in [4.69, 9.17) is 9.47 Å². The molecule has 1 amide bonds. The highest BCUT2D eigenvalue weighted by atomic mass is 79.9. The van der Waals surface area contributed by atoms with Gasteiger partial charge in [0.2, 0.25) is 0 Å². The summed E-state index contributed by atoms with van der Waals surface area (Å²) in [5.41, 5.74) is 1.18. The van der Waals surface area contributed by atoms with Crippen LogP contribution in [0.4, 0.5) is 4.79 Å². The lowest BCUT2D eigenvalue weighted by Gasteiger charge is -2.36. The number of hydrogen-bond donors (Lipinski definition) is 1. The van der Waals surface area contributed by atoms with Crippen molar-refractivity contribution >= 4 is 27.8 Å². The molecular weight excluding hydrogens is 410 g/mol. The van der Waals surface area contributed by atoms with Crippen molar-refractivity contribution < 1.29 is 19.1 Å². The second kappa shape index (κ2) is 7.19. The van der Waals surface area contributed by atoms with Crippen LogP contribution in [-0.2, 0) is 16.1 Å². The largest absolute Gasteiger partial charge is 0.489 e. The maximum Gasteiger partial charge on any atom is 0.408 e. The second-order valence-corrected chi connectivity index (χ2v) is 7.67. The van der Waals surface area contributed by atoms with Crippen LogP contribution < -0.4 is 10.1 Å². The topological polar surface area (TPSA) is 64.6 Å². The molecular formula is C21H18BrNO4. The van der Waals surface area contributed by atoms with E-state index >= 15 is 0 Å². The molecule has 1 spiro atoms. The van der Waals surface area contributed by atoms with Crippen LogP contribution in [0.25, 0.3) is 0 Å². The molecule has 1 fully saturated rings. The lowest BCUT2D eigenvalue weighted by molar-refractivity contribution is -0.115. The Morgan fingerprint density at radius 2 is 2.00 bits per heavy atom. The summed E-state index contributed by atoms with van der Waals surface area (Å²) < 4.78 is 12.1. The van der Waals surface area contributed by atoms with Crippen molar-refractivity contribution in [1.29, 1.82) is 0 Å². The van der Waals surface area contributed by atoms with Gasteiger partial charge < -0.3 is 14.8 Å². The molecule has 1 heterocycles. The zero-order valence-electron chi connectivity index (χ0n) is 14.5. The minimum Gasteiger partial charge on any atom is -0.489 e. The fourth-order valence-corrected chi connectivity index (χ4v) is 3.96. The highest BCUT2D eigenvalue weighted by Crippen LogP contribution is 2.43. The van der Waals surface area contributed by atoms with Gasteiger partial charge in [0.25, 0.3) is 0 Å². The number of amides is 1. The summed E-state index contributed by atoms with van der Waals surface area (Å²) in [5, 5.41) is 2.89. The number of alkyl carbamates (subject to hydrolysis) is 1. The van der Waals surface area contributed by atoms with Crippen LogP contribution in [0.5, 0.6) is 5.75 Å². The predicted molar refractivity (Wildman–Crippen MR) is 104 cm³/mol. The fraction of sp³-hybridized carbons (Fsp3) is 0.238. The number of benzene rings is 2. The van der Waals surface area contributed by atoms with E-state index in [1.165, 1.54) is 6.08 Å². The van der Waals surface area contributed by atoms with Gasteiger partial charge in [0.05, 0.1) is 0 Å². The molecule has 0 saturated carbocycles. The van der Waals surface area contributed by atoms with Crippen LogP contribution in [0.15, 0.2) is 65.2 Å². The molecule has 0 bridgehead atoms. The van der Waals surface area contributed by atoms with Crippen molar-refractivity contribution in [3.63, 3.8) is 0 Å². The minimum absolute atomic E-state index is 0.0146. The molecule has 138 valence electrons. The summed E-state index contributed by atoms with van der Waals surface area (Å²) >= 11 is 3.51. The molecule has 1 aliphatic heterocycles. The third-order valence-corrected chi connectivity index (χ3v) is 5.45. The average molecular weight is 428 g/mol. The van der Waals surface area contributed by atoms with Crippen LogP contribution >= 0.6 is 15.9 Å². The Morgan fingerprint density at radius 1 is 1.19 bits per heavy atom. The Kier molecular flexibility index (Phi) is 4.74. The summed E-state index contributed by atoms with van der Waals surface area (Å²) in [4.78, 5) is 23.9. The van der Waals surface area contributed by atoms with Gasteiger partial charge in [0, 0.05) is 22.4 Å². The first-order chi connectivity index (χ1) is 13.1. The van der Waals surface area contributed by atoms with E-state index in [9.17, 15) is 9.59 Å². The van der Waals surface area contributed by atoms with Crippen LogP contribution in [0, 0.1) is 0 Å². The number of carbonyl (C=O) groups is 2. The normalized spacial score (nSPS) is 24.0. The van der Waals surface area contributed by atoms with E-state index in [0.29, 0.717) is 12.4 Å². The van der Waals surface area contributed by atoms with Gasteiger partial charge in [-0.1, -0.05) is 52.3 Å². The van der Waals surface area contributed by atoms with Crippen LogP contribution in [-0.4, -0.2) is 24.0 Å². The van der Waals surface area contributed by atoms with E-state index in [1.54, 1.807) is 6.08 Å². The third kappa shape index (κ3) is 3.62. The molecule has 2 aromatic rings. The van der Waals surface area contributed by atoms with Gasteiger partial charge in [0.15, 0.2) is 5.78 Å². The number of allylic oxidation sites excluding steroid dienone is 1. The summed E-state index contributed by atoms with van der Waals surface area (Å²) in [6, 6.07) is 15.6. The quantitative estimate of drug-likeness (QED) is 0.796. The van der Waals surface area contributed by atoms with Crippen LogP contribution in [0.1, 0.15) is 23.5 Å².